The summed E-state index contributed by atoms with van der Waals surface area (Å²) in [5.74, 6) is 0.762. The van der Waals surface area contributed by atoms with Gasteiger partial charge in [0.1, 0.15) is 0 Å². The standard InChI is InChI=1S/C17H19BrClNS/c18-14-8-7-13(15(19)10-14)11-20-17(12-4-1-2-5-12)16-6-3-9-21-16/h3,6-10,12,17,20H,1-2,4-5,11H2. The summed E-state index contributed by atoms with van der Waals surface area (Å²) in [7, 11) is 0. The van der Waals surface area contributed by atoms with Crippen molar-refractivity contribution in [3.05, 3.63) is 55.6 Å². The van der Waals surface area contributed by atoms with Gasteiger partial charge in [0.2, 0.25) is 0 Å². The lowest BCUT2D eigenvalue weighted by Gasteiger charge is -2.24. The van der Waals surface area contributed by atoms with Crippen molar-refractivity contribution in [2.75, 3.05) is 0 Å². The SMILES string of the molecule is Clc1cc(Br)ccc1CNC(c1cccs1)C1CCCC1. The molecule has 4 heteroatoms. The molecule has 112 valence electrons. The summed E-state index contributed by atoms with van der Waals surface area (Å²) in [4.78, 5) is 1.45. The molecule has 2 aromatic rings. The van der Waals surface area contributed by atoms with Gasteiger partial charge in [-0.25, -0.2) is 0 Å². The molecule has 3 rings (SSSR count). The first kappa shape index (κ1) is 15.5. The molecular formula is C17H19BrClNS. The van der Waals surface area contributed by atoms with Gasteiger partial charge >= 0.3 is 0 Å². The highest BCUT2D eigenvalue weighted by molar-refractivity contribution is 9.10. The molecule has 0 radical (unpaired) electrons. The van der Waals surface area contributed by atoms with E-state index in [-0.39, 0.29) is 0 Å². The first-order valence-electron chi connectivity index (χ1n) is 7.45. The lowest BCUT2D eigenvalue weighted by molar-refractivity contribution is 0.371. The van der Waals surface area contributed by atoms with Crippen molar-refractivity contribution in [3.63, 3.8) is 0 Å². The van der Waals surface area contributed by atoms with E-state index in [0.29, 0.717) is 6.04 Å². The Labute approximate surface area is 143 Å². The Morgan fingerprint density at radius 2 is 2.10 bits per heavy atom. The van der Waals surface area contributed by atoms with E-state index < -0.39 is 0 Å². The van der Waals surface area contributed by atoms with E-state index >= 15 is 0 Å². The van der Waals surface area contributed by atoms with Gasteiger partial charge in [-0.3, -0.25) is 0 Å². The highest BCUT2D eigenvalue weighted by Crippen LogP contribution is 2.37. The fourth-order valence-corrected chi connectivity index (χ4v) is 4.78. The van der Waals surface area contributed by atoms with Crippen molar-refractivity contribution < 1.29 is 0 Å². The zero-order valence-electron chi connectivity index (χ0n) is 11.8. The molecular weight excluding hydrogens is 366 g/mol. The fourth-order valence-electron chi connectivity index (χ4n) is 3.14. The summed E-state index contributed by atoms with van der Waals surface area (Å²) in [6.45, 7) is 0.825. The van der Waals surface area contributed by atoms with Crippen molar-refractivity contribution in [2.24, 2.45) is 5.92 Å². The summed E-state index contributed by atoms with van der Waals surface area (Å²) >= 11 is 11.6. The van der Waals surface area contributed by atoms with E-state index in [1.807, 2.05) is 17.4 Å². The van der Waals surface area contributed by atoms with E-state index in [4.69, 9.17) is 11.6 Å². The van der Waals surface area contributed by atoms with Crippen molar-refractivity contribution >= 4 is 38.9 Å². The maximum atomic E-state index is 6.33. The molecule has 0 saturated heterocycles. The zero-order chi connectivity index (χ0) is 14.7. The van der Waals surface area contributed by atoms with Gasteiger partial charge in [0, 0.05) is 27.0 Å². The van der Waals surface area contributed by atoms with E-state index in [2.05, 4.69) is 50.9 Å². The number of nitrogens with one attached hydrogen (secondary N) is 1. The topological polar surface area (TPSA) is 12.0 Å². The third-order valence-corrected chi connectivity index (χ3v) is 6.05. The maximum absolute atomic E-state index is 6.33. The van der Waals surface area contributed by atoms with Gasteiger partial charge in [-0.15, -0.1) is 11.3 Å². The number of benzene rings is 1. The van der Waals surface area contributed by atoms with Gasteiger partial charge < -0.3 is 5.32 Å². The Hall–Kier alpha value is -0.350. The summed E-state index contributed by atoms with van der Waals surface area (Å²) in [5, 5.41) is 6.75. The highest BCUT2D eigenvalue weighted by Gasteiger charge is 2.26. The molecule has 0 spiro atoms. The number of hydrogen-bond acceptors (Lipinski definition) is 2. The van der Waals surface area contributed by atoms with Crippen molar-refractivity contribution in [3.8, 4) is 0 Å². The molecule has 1 atom stereocenters. The number of halogens is 2. The molecule has 1 unspecified atom stereocenters. The van der Waals surface area contributed by atoms with Crippen LogP contribution in [-0.4, -0.2) is 0 Å². The quantitative estimate of drug-likeness (QED) is 0.648. The van der Waals surface area contributed by atoms with Crippen LogP contribution in [0, 0.1) is 5.92 Å². The predicted octanol–water partition coefficient (Wildman–Crippen LogP) is 6.19. The third kappa shape index (κ3) is 3.89. The van der Waals surface area contributed by atoms with Gasteiger partial charge in [0.05, 0.1) is 0 Å². The molecule has 1 aliphatic rings. The second-order valence-corrected chi connectivity index (χ2v) is 7.96. The largest absolute Gasteiger partial charge is 0.305 e. The number of rotatable bonds is 5. The minimum absolute atomic E-state index is 0.465. The molecule has 0 bridgehead atoms. The average molecular weight is 385 g/mol. The number of thiophene rings is 1. The Kier molecular flexibility index (Phi) is 5.38. The fraction of sp³-hybridized carbons (Fsp3) is 0.412. The molecule has 1 saturated carbocycles. The van der Waals surface area contributed by atoms with Crippen LogP contribution in [0.3, 0.4) is 0 Å². The Morgan fingerprint density at radius 1 is 1.29 bits per heavy atom. The van der Waals surface area contributed by atoms with Crippen molar-refractivity contribution in [1.29, 1.82) is 0 Å². The van der Waals surface area contributed by atoms with Crippen LogP contribution in [0.4, 0.5) is 0 Å². The molecule has 1 aromatic carbocycles. The summed E-state index contributed by atoms with van der Waals surface area (Å²) in [6.07, 6.45) is 5.41. The van der Waals surface area contributed by atoms with Gasteiger partial charge in [-0.1, -0.05) is 52.5 Å². The molecule has 0 aliphatic heterocycles. The van der Waals surface area contributed by atoms with Crippen molar-refractivity contribution in [1.82, 2.24) is 5.32 Å². The predicted molar refractivity (Wildman–Crippen MR) is 95.0 cm³/mol. The number of hydrogen-bond donors (Lipinski definition) is 1. The second kappa shape index (κ2) is 7.28. The molecule has 1 heterocycles. The van der Waals surface area contributed by atoms with Crippen LogP contribution < -0.4 is 5.32 Å². The normalized spacial score (nSPS) is 17.2. The second-order valence-electron chi connectivity index (χ2n) is 5.65. The molecule has 1 nitrogen and oxygen atoms in total. The van der Waals surface area contributed by atoms with Crippen LogP contribution in [0.5, 0.6) is 0 Å². The first-order valence-corrected chi connectivity index (χ1v) is 9.50. The molecule has 21 heavy (non-hydrogen) atoms. The minimum Gasteiger partial charge on any atom is -0.305 e. The third-order valence-electron chi connectivity index (χ3n) is 4.25. The monoisotopic (exact) mass is 383 g/mol. The van der Waals surface area contributed by atoms with Gasteiger partial charge in [-0.05, 0) is 47.9 Å². The Balaban J connectivity index is 1.72. The van der Waals surface area contributed by atoms with E-state index in [1.165, 1.54) is 36.1 Å². The van der Waals surface area contributed by atoms with Crippen molar-refractivity contribution in [2.45, 2.75) is 38.3 Å². The van der Waals surface area contributed by atoms with E-state index in [9.17, 15) is 0 Å². The maximum Gasteiger partial charge on any atom is 0.0462 e. The van der Waals surface area contributed by atoms with Gasteiger partial charge in [0.25, 0.3) is 0 Å². The van der Waals surface area contributed by atoms with Crippen LogP contribution in [0.25, 0.3) is 0 Å². The van der Waals surface area contributed by atoms with Crippen LogP contribution in [0.2, 0.25) is 5.02 Å². The van der Waals surface area contributed by atoms with Gasteiger partial charge in [0.15, 0.2) is 0 Å². The molecule has 1 fully saturated rings. The Bertz CT molecular complexity index is 578. The van der Waals surface area contributed by atoms with Crippen LogP contribution in [0.15, 0.2) is 40.2 Å². The minimum atomic E-state index is 0.465. The lowest BCUT2D eigenvalue weighted by Crippen LogP contribution is -2.26. The smallest absolute Gasteiger partial charge is 0.0462 e. The molecule has 1 N–H and O–H groups in total. The Morgan fingerprint density at radius 3 is 2.76 bits per heavy atom. The zero-order valence-corrected chi connectivity index (χ0v) is 15.0. The van der Waals surface area contributed by atoms with E-state index in [1.54, 1.807) is 0 Å². The van der Waals surface area contributed by atoms with Crippen LogP contribution >= 0.6 is 38.9 Å². The summed E-state index contributed by atoms with van der Waals surface area (Å²) < 4.78 is 1.03. The van der Waals surface area contributed by atoms with Gasteiger partial charge in [-0.2, -0.15) is 0 Å². The average Bonchev–Trinajstić information content (AvgIpc) is 3.14. The van der Waals surface area contributed by atoms with Crippen LogP contribution in [0.1, 0.15) is 42.2 Å². The molecule has 1 aromatic heterocycles. The lowest BCUT2D eigenvalue weighted by atomic mass is 9.96. The highest BCUT2D eigenvalue weighted by atomic mass is 79.9. The molecule has 0 amide bonds. The first-order chi connectivity index (χ1) is 10.2. The summed E-state index contributed by atoms with van der Waals surface area (Å²) in [6, 6.07) is 11.0. The van der Waals surface area contributed by atoms with Crippen LogP contribution in [-0.2, 0) is 6.54 Å². The summed E-state index contributed by atoms with van der Waals surface area (Å²) in [5.41, 5.74) is 1.17. The van der Waals surface area contributed by atoms with E-state index in [0.717, 1.165) is 22.0 Å². The molecule has 1 aliphatic carbocycles.